The summed E-state index contributed by atoms with van der Waals surface area (Å²) >= 11 is 0. The molecule has 0 saturated heterocycles. The molecule has 0 saturated carbocycles. The number of ether oxygens (including phenoxy) is 1. The van der Waals surface area contributed by atoms with Crippen LogP contribution in [0.2, 0.25) is 0 Å². The number of hydrogen-bond donors (Lipinski definition) is 1. The highest BCUT2D eigenvalue weighted by Crippen LogP contribution is 2.27. The van der Waals surface area contributed by atoms with Crippen LogP contribution in [0.1, 0.15) is 23.8 Å². The monoisotopic (exact) mass is 283 g/mol. The van der Waals surface area contributed by atoms with Gasteiger partial charge in [0.05, 0.1) is 6.04 Å². The predicted molar refractivity (Wildman–Crippen MR) is 74.2 cm³/mol. The first-order valence-corrected chi connectivity index (χ1v) is 6.64. The second kappa shape index (κ2) is 6.81. The number of fused-ring (bicyclic) bond motifs is 1. The number of benzene rings is 1. The molecule has 1 unspecified atom stereocenters. The summed E-state index contributed by atoms with van der Waals surface area (Å²) in [5, 5.41) is 4.18. The third-order valence-corrected chi connectivity index (χ3v) is 3.25. The Kier molecular flexibility index (Phi) is 5.09. The van der Waals surface area contributed by atoms with Crippen LogP contribution < -0.4 is 5.32 Å². The zero-order valence-electron chi connectivity index (χ0n) is 11.7. The van der Waals surface area contributed by atoms with Gasteiger partial charge in [-0.05, 0) is 32.0 Å². The molecule has 0 bridgehead atoms. The standard InChI is InChI=1S/C15H19F2NO2/c1-10-4-3-5-11-8-13(20-15(10)11)12(18-2)6-7-19-9-14(16)17/h3-5,8,12,14,18H,6-7,9H2,1-2H3. The van der Waals surface area contributed by atoms with Gasteiger partial charge in [0.15, 0.2) is 0 Å². The molecule has 0 spiro atoms. The van der Waals surface area contributed by atoms with Gasteiger partial charge in [-0.2, -0.15) is 0 Å². The zero-order chi connectivity index (χ0) is 14.5. The number of alkyl halides is 2. The van der Waals surface area contributed by atoms with E-state index < -0.39 is 13.0 Å². The average Bonchev–Trinajstić information content (AvgIpc) is 2.84. The highest BCUT2D eigenvalue weighted by atomic mass is 19.3. The smallest absolute Gasteiger partial charge is 0.261 e. The summed E-state index contributed by atoms with van der Waals surface area (Å²) in [5.74, 6) is 0.803. The van der Waals surface area contributed by atoms with Crippen LogP contribution in [0.5, 0.6) is 0 Å². The molecule has 3 nitrogen and oxygen atoms in total. The Hall–Kier alpha value is -1.46. The molecule has 0 aliphatic heterocycles. The maximum Gasteiger partial charge on any atom is 0.261 e. The second-order valence-electron chi connectivity index (χ2n) is 4.74. The highest BCUT2D eigenvalue weighted by molar-refractivity contribution is 5.80. The van der Waals surface area contributed by atoms with Crippen molar-refractivity contribution < 1.29 is 17.9 Å². The fraction of sp³-hybridized carbons (Fsp3) is 0.467. The zero-order valence-corrected chi connectivity index (χ0v) is 11.7. The summed E-state index contributed by atoms with van der Waals surface area (Å²) in [6.45, 7) is 1.75. The van der Waals surface area contributed by atoms with Gasteiger partial charge < -0.3 is 14.5 Å². The van der Waals surface area contributed by atoms with Crippen molar-refractivity contribution in [3.63, 3.8) is 0 Å². The van der Waals surface area contributed by atoms with Crippen molar-refractivity contribution in [1.82, 2.24) is 5.32 Å². The molecule has 0 amide bonds. The van der Waals surface area contributed by atoms with E-state index in [4.69, 9.17) is 9.15 Å². The number of hydrogen-bond acceptors (Lipinski definition) is 3. The number of furan rings is 1. The molecule has 0 fully saturated rings. The van der Waals surface area contributed by atoms with Crippen LogP contribution in [0.15, 0.2) is 28.7 Å². The molecule has 1 aromatic heterocycles. The van der Waals surface area contributed by atoms with E-state index >= 15 is 0 Å². The SMILES string of the molecule is CNC(CCOCC(F)F)c1cc2cccc(C)c2o1. The van der Waals surface area contributed by atoms with Gasteiger partial charge in [-0.1, -0.05) is 18.2 Å². The van der Waals surface area contributed by atoms with Crippen LogP contribution in [-0.2, 0) is 4.74 Å². The van der Waals surface area contributed by atoms with Gasteiger partial charge in [0, 0.05) is 12.0 Å². The lowest BCUT2D eigenvalue weighted by Crippen LogP contribution is -2.18. The van der Waals surface area contributed by atoms with Gasteiger partial charge in [0.25, 0.3) is 6.43 Å². The van der Waals surface area contributed by atoms with Gasteiger partial charge >= 0.3 is 0 Å². The molecule has 0 radical (unpaired) electrons. The first kappa shape index (κ1) is 14.9. The Balaban J connectivity index is 2.04. The Labute approximate surface area is 116 Å². The minimum atomic E-state index is -2.42. The molecule has 5 heteroatoms. The topological polar surface area (TPSA) is 34.4 Å². The molecule has 1 N–H and O–H groups in total. The molecule has 2 rings (SSSR count). The lowest BCUT2D eigenvalue weighted by Gasteiger charge is -2.13. The fourth-order valence-electron chi connectivity index (χ4n) is 2.20. The minimum Gasteiger partial charge on any atom is -0.459 e. The number of nitrogens with one attached hydrogen (secondary N) is 1. The lowest BCUT2D eigenvalue weighted by atomic mass is 10.1. The summed E-state index contributed by atoms with van der Waals surface area (Å²) < 4.78 is 34.8. The van der Waals surface area contributed by atoms with Crippen molar-refractivity contribution >= 4 is 11.0 Å². The molecule has 2 aromatic rings. The summed E-state index contributed by atoms with van der Waals surface area (Å²) in [7, 11) is 1.82. The molecular weight excluding hydrogens is 264 g/mol. The average molecular weight is 283 g/mol. The van der Waals surface area contributed by atoms with Gasteiger partial charge in [0.1, 0.15) is 18.0 Å². The van der Waals surface area contributed by atoms with Crippen LogP contribution in [0.3, 0.4) is 0 Å². The van der Waals surface area contributed by atoms with Gasteiger partial charge in [-0.25, -0.2) is 8.78 Å². The van der Waals surface area contributed by atoms with E-state index in [9.17, 15) is 8.78 Å². The summed E-state index contributed by atoms with van der Waals surface area (Å²) in [6, 6.07) is 7.91. The molecular formula is C15H19F2NO2. The Morgan fingerprint density at radius 1 is 1.35 bits per heavy atom. The Morgan fingerprint density at radius 3 is 2.80 bits per heavy atom. The van der Waals surface area contributed by atoms with Crippen LogP contribution in [-0.4, -0.2) is 26.7 Å². The molecule has 0 aliphatic rings. The minimum absolute atomic E-state index is 0.0422. The molecule has 20 heavy (non-hydrogen) atoms. The number of aryl methyl sites for hydroxylation is 1. The van der Waals surface area contributed by atoms with Gasteiger partial charge in [-0.3, -0.25) is 0 Å². The van der Waals surface area contributed by atoms with Crippen molar-refractivity contribution in [2.75, 3.05) is 20.3 Å². The maximum absolute atomic E-state index is 12.0. The quantitative estimate of drug-likeness (QED) is 0.787. The highest BCUT2D eigenvalue weighted by Gasteiger charge is 2.15. The van der Waals surface area contributed by atoms with Gasteiger partial charge in [0.2, 0.25) is 0 Å². The Morgan fingerprint density at radius 2 is 2.15 bits per heavy atom. The Bertz CT molecular complexity index is 554. The number of para-hydroxylation sites is 1. The van der Waals surface area contributed by atoms with E-state index in [1.54, 1.807) is 0 Å². The summed E-state index contributed by atoms with van der Waals surface area (Å²) in [4.78, 5) is 0. The first-order valence-electron chi connectivity index (χ1n) is 6.64. The molecule has 1 atom stereocenters. The molecule has 110 valence electrons. The van der Waals surface area contributed by atoms with Crippen molar-refractivity contribution in [2.24, 2.45) is 0 Å². The van der Waals surface area contributed by atoms with Crippen molar-refractivity contribution in [3.05, 3.63) is 35.6 Å². The number of halogens is 2. The van der Waals surface area contributed by atoms with Gasteiger partial charge in [-0.15, -0.1) is 0 Å². The molecule has 1 heterocycles. The normalized spacial score (nSPS) is 13.2. The van der Waals surface area contributed by atoms with E-state index in [1.807, 2.05) is 38.2 Å². The van der Waals surface area contributed by atoms with Crippen LogP contribution in [0.25, 0.3) is 11.0 Å². The van der Waals surface area contributed by atoms with E-state index in [-0.39, 0.29) is 12.6 Å². The lowest BCUT2D eigenvalue weighted by molar-refractivity contribution is 0.0141. The largest absolute Gasteiger partial charge is 0.459 e. The first-order chi connectivity index (χ1) is 9.61. The van der Waals surface area contributed by atoms with E-state index in [0.717, 1.165) is 22.3 Å². The number of rotatable bonds is 7. The fourth-order valence-corrected chi connectivity index (χ4v) is 2.20. The summed E-state index contributed by atoms with van der Waals surface area (Å²) in [6.07, 6.45) is -1.83. The van der Waals surface area contributed by atoms with Crippen molar-refractivity contribution in [2.45, 2.75) is 25.8 Å². The van der Waals surface area contributed by atoms with E-state index in [0.29, 0.717) is 6.42 Å². The van der Waals surface area contributed by atoms with Crippen LogP contribution in [0.4, 0.5) is 8.78 Å². The third kappa shape index (κ3) is 3.55. The van der Waals surface area contributed by atoms with Crippen molar-refractivity contribution in [3.8, 4) is 0 Å². The van der Waals surface area contributed by atoms with Crippen molar-refractivity contribution in [1.29, 1.82) is 0 Å². The summed E-state index contributed by atoms with van der Waals surface area (Å²) in [5.41, 5.74) is 1.95. The van der Waals surface area contributed by atoms with Crippen LogP contribution >= 0.6 is 0 Å². The molecule has 1 aromatic carbocycles. The third-order valence-electron chi connectivity index (χ3n) is 3.25. The molecule has 0 aliphatic carbocycles. The van der Waals surface area contributed by atoms with E-state index in [2.05, 4.69) is 5.32 Å². The maximum atomic E-state index is 12.0. The van der Waals surface area contributed by atoms with E-state index in [1.165, 1.54) is 0 Å². The van der Waals surface area contributed by atoms with Crippen LogP contribution in [0, 0.1) is 6.92 Å². The second-order valence-corrected chi connectivity index (χ2v) is 4.74. The predicted octanol–water partition coefficient (Wildman–Crippen LogP) is 3.67.